The summed E-state index contributed by atoms with van der Waals surface area (Å²) in [5, 5.41) is 1.56. The summed E-state index contributed by atoms with van der Waals surface area (Å²) < 4.78 is 5.98. The molecule has 0 aromatic heterocycles. The zero-order valence-electron chi connectivity index (χ0n) is 10.5. The molecule has 2 nitrogen and oxygen atoms in total. The van der Waals surface area contributed by atoms with Crippen LogP contribution in [0.15, 0.2) is 34.8 Å². The van der Waals surface area contributed by atoms with E-state index in [9.17, 15) is 0 Å². The van der Waals surface area contributed by atoms with Gasteiger partial charge < -0.3 is 10.5 Å². The Labute approximate surface area is 140 Å². The Bertz CT molecular complexity index is 649. The molecule has 0 aliphatic rings. The lowest BCUT2D eigenvalue weighted by atomic mass is 9.99. The maximum Gasteiger partial charge on any atom is 0.138 e. The molecule has 2 N–H and O–H groups in total. The van der Waals surface area contributed by atoms with Crippen molar-refractivity contribution in [1.82, 2.24) is 0 Å². The predicted molar refractivity (Wildman–Crippen MR) is 88.2 cm³/mol. The van der Waals surface area contributed by atoms with Crippen molar-refractivity contribution in [2.75, 3.05) is 7.11 Å². The van der Waals surface area contributed by atoms with Crippen LogP contribution < -0.4 is 10.5 Å². The minimum Gasteiger partial charge on any atom is -0.495 e. The summed E-state index contributed by atoms with van der Waals surface area (Å²) >= 11 is 21.8. The molecule has 1 atom stereocenters. The van der Waals surface area contributed by atoms with Crippen LogP contribution in [0.2, 0.25) is 15.1 Å². The van der Waals surface area contributed by atoms with Crippen molar-refractivity contribution in [1.29, 1.82) is 0 Å². The second kappa shape index (κ2) is 6.54. The first kappa shape index (κ1) is 15.9. The van der Waals surface area contributed by atoms with Crippen LogP contribution >= 0.6 is 50.7 Å². The van der Waals surface area contributed by atoms with Gasteiger partial charge in [0.25, 0.3) is 0 Å². The normalized spacial score (nSPS) is 12.3. The molecule has 6 heteroatoms. The second-order valence-corrected chi connectivity index (χ2v) is 6.26. The average Bonchev–Trinajstić information content (AvgIpc) is 2.42. The van der Waals surface area contributed by atoms with Gasteiger partial charge in [0, 0.05) is 20.6 Å². The van der Waals surface area contributed by atoms with Gasteiger partial charge in [-0.05, 0) is 35.4 Å². The van der Waals surface area contributed by atoms with Gasteiger partial charge in [-0.2, -0.15) is 0 Å². The van der Waals surface area contributed by atoms with Crippen LogP contribution in [-0.4, -0.2) is 7.11 Å². The fourth-order valence-corrected chi connectivity index (χ4v) is 3.05. The number of halogens is 4. The summed E-state index contributed by atoms with van der Waals surface area (Å²) in [5.41, 5.74) is 7.82. The summed E-state index contributed by atoms with van der Waals surface area (Å²) in [4.78, 5) is 0. The zero-order chi connectivity index (χ0) is 14.9. The van der Waals surface area contributed by atoms with E-state index < -0.39 is 6.04 Å². The molecule has 0 saturated carbocycles. The number of ether oxygens (including phenoxy) is 1. The summed E-state index contributed by atoms with van der Waals surface area (Å²) in [7, 11) is 1.53. The molecule has 2 aromatic carbocycles. The van der Waals surface area contributed by atoms with Gasteiger partial charge in [0.15, 0.2) is 0 Å². The summed E-state index contributed by atoms with van der Waals surface area (Å²) in [5.74, 6) is 0.512. The third kappa shape index (κ3) is 3.23. The maximum atomic E-state index is 6.27. The number of methoxy groups -OCH3 is 1. The van der Waals surface area contributed by atoms with E-state index in [0.717, 1.165) is 10.0 Å². The van der Waals surface area contributed by atoms with Crippen molar-refractivity contribution >= 4 is 50.7 Å². The highest BCUT2D eigenvalue weighted by molar-refractivity contribution is 9.10. The lowest BCUT2D eigenvalue weighted by molar-refractivity contribution is 0.415. The van der Waals surface area contributed by atoms with Gasteiger partial charge in [0.2, 0.25) is 0 Å². The SMILES string of the molecule is COc1cc(Cl)c(C(N)c2cc(Cl)ccc2Br)cc1Cl. The Morgan fingerprint density at radius 3 is 2.40 bits per heavy atom. The minimum absolute atomic E-state index is 0.445. The molecule has 2 aromatic rings. The predicted octanol–water partition coefficient (Wildman–Crippen LogP) is 5.47. The Morgan fingerprint density at radius 2 is 1.75 bits per heavy atom. The molecule has 0 spiro atoms. The second-order valence-electron chi connectivity index (χ2n) is 4.15. The average molecular weight is 396 g/mol. The quantitative estimate of drug-likeness (QED) is 0.748. The number of rotatable bonds is 3. The van der Waals surface area contributed by atoms with Crippen molar-refractivity contribution in [3.8, 4) is 5.75 Å². The number of hydrogen-bond donors (Lipinski definition) is 1. The van der Waals surface area contributed by atoms with Crippen molar-refractivity contribution in [2.45, 2.75) is 6.04 Å². The van der Waals surface area contributed by atoms with Gasteiger partial charge in [-0.25, -0.2) is 0 Å². The van der Waals surface area contributed by atoms with E-state index >= 15 is 0 Å². The van der Waals surface area contributed by atoms with Crippen LogP contribution in [0.4, 0.5) is 0 Å². The molecule has 106 valence electrons. The summed E-state index contributed by atoms with van der Waals surface area (Å²) in [6.07, 6.45) is 0. The highest BCUT2D eigenvalue weighted by atomic mass is 79.9. The largest absolute Gasteiger partial charge is 0.495 e. The smallest absolute Gasteiger partial charge is 0.138 e. The molecular weight excluding hydrogens is 384 g/mol. The maximum absolute atomic E-state index is 6.27. The van der Waals surface area contributed by atoms with E-state index in [2.05, 4.69) is 15.9 Å². The van der Waals surface area contributed by atoms with E-state index in [4.69, 9.17) is 45.3 Å². The molecule has 0 radical (unpaired) electrons. The molecule has 20 heavy (non-hydrogen) atoms. The van der Waals surface area contributed by atoms with Gasteiger partial charge >= 0.3 is 0 Å². The molecule has 0 saturated heterocycles. The molecule has 0 amide bonds. The van der Waals surface area contributed by atoms with E-state index in [1.54, 1.807) is 24.3 Å². The van der Waals surface area contributed by atoms with Crippen LogP contribution in [0.5, 0.6) is 5.75 Å². The first-order valence-corrected chi connectivity index (χ1v) is 7.60. The fraction of sp³-hybridized carbons (Fsp3) is 0.143. The lowest BCUT2D eigenvalue weighted by Crippen LogP contribution is -2.13. The molecule has 0 aliphatic heterocycles. The number of nitrogens with two attached hydrogens (primary N) is 1. The Morgan fingerprint density at radius 1 is 1.05 bits per heavy atom. The third-order valence-electron chi connectivity index (χ3n) is 2.90. The molecule has 1 unspecified atom stereocenters. The first-order chi connectivity index (χ1) is 9.43. The van der Waals surface area contributed by atoms with Crippen molar-refractivity contribution in [3.63, 3.8) is 0 Å². The van der Waals surface area contributed by atoms with Gasteiger partial charge in [-0.15, -0.1) is 0 Å². The molecule has 0 heterocycles. The van der Waals surface area contributed by atoms with Gasteiger partial charge in [0.1, 0.15) is 5.75 Å². The van der Waals surface area contributed by atoms with Crippen molar-refractivity contribution in [2.24, 2.45) is 5.73 Å². The molecule has 0 aliphatic carbocycles. The van der Waals surface area contributed by atoms with Crippen LogP contribution in [0.25, 0.3) is 0 Å². The minimum atomic E-state index is -0.445. The summed E-state index contributed by atoms with van der Waals surface area (Å²) in [6, 6.07) is 8.34. The monoisotopic (exact) mass is 393 g/mol. The van der Waals surface area contributed by atoms with Gasteiger partial charge in [-0.1, -0.05) is 50.7 Å². The van der Waals surface area contributed by atoms with Gasteiger partial charge in [-0.3, -0.25) is 0 Å². The highest BCUT2D eigenvalue weighted by Gasteiger charge is 2.18. The van der Waals surface area contributed by atoms with E-state index in [1.165, 1.54) is 7.11 Å². The molecular formula is C14H11BrCl3NO. The van der Waals surface area contributed by atoms with Crippen LogP contribution in [-0.2, 0) is 0 Å². The third-order valence-corrected chi connectivity index (χ3v) is 4.48. The standard InChI is InChI=1S/C14H11BrCl3NO/c1-20-13-6-11(17)9(5-12(13)18)14(19)8-4-7(16)2-3-10(8)15/h2-6,14H,19H2,1H3. The highest BCUT2D eigenvalue weighted by Crippen LogP contribution is 2.37. The van der Waals surface area contributed by atoms with E-state index in [-0.39, 0.29) is 0 Å². The number of hydrogen-bond acceptors (Lipinski definition) is 2. The van der Waals surface area contributed by atoms with E-state index in [0.29, 0.717) is 26.4 Å². The van der Waals surface area contributed by atoms with Gasteiger partial charge in [0.05, 0.1) is 18.2 Å². The fourth-order valence-electron chi connectivity index (χ4n) is 1.86. The number of benzene rings is 2. The Hall–Kier alpha value is -0.450. The molecule has 2 rings (SSSR count). The van der Waals surface area contributed by atoms with Crippen LogP contribution in [0, 0.1) is 0 Å². The summed E-state index contributed by atoms with van der Waals surface area (Å²) in [6.45, 7) is 0. The van der Waals surface area contributed by atoms with E-state index in [1.807, 2.05) is 6.07 Å². The first-order valence-electron chi connectivity index (χ1n) is 5.67. The van der Waals surface area contributed by atoms with Crippen LogP contribution in [0.3, 0.4) is 0 Å². The van der Waals surface area contributed by atoms with Crippen molar-refractivity contribution in [3.05, 3.63) is 61.0 Å². The topological polar surface area (TPSA) is 35.2 Å². The molecule has 0 fully saturated rings. The Balaban J connectivity index is 2.50. The van der Waals surface area contributed by atoms with Crippen molar-refractivity contribution < 1.29 is 4.74 Å². The zero-order valence-corrected chi connectivity index (χ0v) is 14.3. The van der Waals surface area contributed by atoms with Crippen LogP contribution in [0.1, 0.15) is 17.2 Å². The lowest BCUT2D eigenvalue weighted by Gasteiger charge is -2.17. The molecule has 0 bridgehead atoms. The Kier molecular flexibility index (Phi) is 5.21.